The number of anilines is 1. The molecule has 1 amide bonds. The Kier molecular flexibility index (Phi) is 5.56. The van der Waals surface area contributed by atoms with E-state index in [0.29, 0.717) is 28.0 Å². The molecule has 0 bridgehead atoms. The third-order valence-corrected chi connectivity index (χ3v) is 5.35. The number of alkyl halides is 2. The third kappa shape index (κ3) is 4.59. The SMILES string of the molecule is O=C(Cn1nc(C(F)F)cc1C1CC1)Nc1cnn(Cc2c(Cl)cccc2Cl)c1. The Labute approximate surface area is 175 Å². The first-order valence-electron chi connectivity index (χ1n) is 9.01. The van der Waals surface area contributed by atoms with E-state index in [-0.39, 0.29) is 24.1 Å². The lowest BCUT2D eigenvalue weighted by Crippen LogP contribution is -2.20. The zero-order chi connectivity index (χ0) is 20.5. The number of nitrogens with one attached hydrogen (secondary N) is 1. The topological polar surface area (TPSA) is 64.7 Å². The molecule has 2 heterocycles. The monoisotopic (exact) mass is 439 g/mol. The molecule has 1 N–H and O–H groups in total. The van der Waals surface area contributed by atoms with E-state index in [1.807, 2.05) is 0 Å². The lowest BCUT2D eigenvalue weighted by Gasteiger charge is -2.07. The van der Waals surface area contributed by atoms with Gasteiger partial charge >= 0.3 is 0 Å². The van der Waals surface area contributed by atoms with E-state index in [4.69, 9.17) is 23.2 Å². The molecule has 0 saturated heterocycles. The van der Waals surface area contributed by atoms with Gasteiger partial charge in [-0.05, 0) is 31.0 Å². The largest absolute Gasteiger partial charge is 0.322 e. The number of hydrogen-bond donors (Lipinski definition) is 1. The van der Waals surface area contributed by atoms with Crippen molar-refractivity contribution in [3.8, 4) is 0 Å². The minimum atomic E-state index is -2.66. The third-order valence-electron chi connectivity index (χ3n) is 4.64. The number of carbonyl (C=O) groups is 1. The van der Waals surface area contributed by atoms with Crippen molar-refractivity contribution in [1.29, 1.82) is 0 Å². The summed E-state index contributed by atoms with van der Waals surface area (Å²) in [6, 6.07) is 6.63. The molecule has 0 radical (unpaired) electrons. The van der Waals surface area contributed by atoms with Crippen LogP contribution in [0.3, 0.4) is 0 Å². The second-order valence-electron chi connectivity index (χ2n) is 6.90. The molecule has 1 aliphatic carbocycles. The highest BCUT2D eigenvalue weighted by atomic mass is 35.5. The molecule has 10 heteroatoms. The van der Waals surface area contributed by atoms with E-state index >= 15 is 0 Å². The van der Waals surface area contributed by atoms with Gasteiger partial charge in [0, 0.05) is 33.4 Å². The standard InChI is InChI=1S/C19H17Cl2F2N5O/c20-14-2-1-3-15(21)13(14)9-27-8-12(7-24-27)25-18(29)10-28-17(11-4-5-11)6-16(26-28)19(22)23/h1-3,6-8,11,19H,4-5,9-10H2,(H,25,29). The molecule has 0 spiro atoms. The van der Waals surface area contributed by atoms with Crippen molar-refractivity contribution in [2.24, 2.45) is 0 Å². The van der Waals surface area contributed by atoms with Crippen molar-refractivity contribution >= 4 is 34.8 Å². The lowest BCUT2D eigenvalue weighted by molar-refractivity contribution is -0.117. The van der Waals surface area contributed by atoms with Crippen LogP contribution >= 0.6 is 23.2 Å². The molecule has 2 aromatic heterocycles. The number of halogens is 4. The Bertz CT molecular complexity index is 1020. The van der Waals surface area contributed by atoms with Crippen molar-refractivity contribution in [3.63, 3.8) is 0 Å². The number of rotatable bonds is 7. The second kappa shape index (κ2) is 8.12. The second-order valence-corrected chi connectivity index (χ2v) is 7.72. The van der Waals surface area contributed by atoms with Crippen molar-refractivity contribution in [1.82, 2.24) is 19.6 Å². The molecule has 1 aliphatic rings. The molecular weight excluding hydrogens is 423 g/mol. The minimum Gasteiger partial charge on any atom is -0.322 e. The Morgan fingerprint density at radius 1 is 1.28 bits per heavy atom. The van der Waals surface area contributed by atoms with Gasteiger partial charge in [-0.1, -0.05) is 29.3 Å². The Balaban J connectivity index is 1.42. The van der Waals surface area contributed by atoms with Gasteiger partial charge in [-0.3, -0.25) is 14.2 Å². The summed E-state index contributed by atoms with van der Waals surface area (Å²) in [5.41, 5.74) is 1.58. The van der Waals surface area contributed by atoms with Crippen LogP contribution in [0.25, 0.3) is 0 Å². The molecule has 0 unspecified atom stereocenters. The van der Waals surface area contributed by atoms with E-state index < -0.39 is 6.43 Å². The predicted molar refractivity (Wildman–Crippen MR) is 106 cm³/mol. The molecule has 0 aliphatic heterocycles. The van der Waals surface area contributed by atoms with Gasteiger partial charge in [-0.25, -0.2) is 8.78 Å². The van der Waals surface area contributed by atoms with Gasteiger partial charge in [0.05, 0.1) is 18.4 Å². The first-order valence-corrected chi connectivity index (χ1v) is 9.77. The summed E-state index contributed by atoms with van der Waals surface area (Å²) in [5.74, 6) is -0.169. The van der Waals surface area contributed by atoms with Gasteiger partial charge in [0.2, 0.25) is 5.91 Å². The van der Waals surface area contributed by atoms with Crippen molar-refractivity contribution < 1.29 is 13.6 Å². The zero-order valence-electron chi connectivity index (χ0n) is 15.2. The number of amides is 1. The average Bonchev–Trinajstić information content (AvgIpc) is 3.27. The number of hydrogen-bond acceptors (Lipinski definition) is 3. The van der Waals surface area contributed by atoms with Gasteiger partial charge in [-0.15, -0.1) is 0 Å². The maximum atomic E-state index is 13.0. The van der Waals surface area contributed by atoms with E-state index in [0.717, 1.165) is 18.4 Å². The normalized spacial score (nSPS) is 13.8. The quantitative estimate of drug-likeness (QED) is 0.569. The average molecular weight is 440 g/mol. The first-order chi connectivity index (χ1) is 13.9. The molecule has 1 saturated carbocycles. The summed E-state index contributed by atoms with van der Waals surface area (Å²) >= 11 is 12.3. The molecule has 6 nitrogen and oxygen atoms in total. The summed E-state index contributed by atoms with van der Waals surface area (Å²) in [6.07, 6.45) is 2.33. The molecule has 1 fully saturated rings. The number of carbonyl (C=O) groups excluding carboxylic acids is 1. The van der Waals surface area contributed by atoms with Crippen LogP contribution in [0.4, 0.5) is 14.5 Å². The molecule has 0 atom stereocenters. The highest BCUT2D eigenvalue weighted by molar-refractivity contribution is 6.35. The summed E-state index contributed by atoms with van der Waals surface area (Å²) in [7, 11) is 0. The Morgan fingerprint density at radius 2 is 2.00 bits per heavy atom. The Morgan fingerprint density at radius 3 is 2.66 bits per heavy atom. The highest BCUT2D eigenvalue weighted by Crippen LogP contribution is 2.41. The first kappa shape index (κ1) is 19.8. The number of benzene rings is 1. The summed E-state index contributed by atoms with van der Waals surface area (Å²) < 4.78 is 28.9. The van der Waals surface area contributed by atoms with Gasteiger partial charge < -0.3 is 5.32 Å². The molecule has 1 aromatic carbocycles. The van der Waals surface area contributed by atoms with Crippen LogP contribution in [0, 0.1) is 0 Å². The van der Waals surface area contributed by atoms with Crippen molar-refractivity contribution in [2.75, 3.05) is 5.32 Å². The number of nitrogens with zero attached hydrogens (tertiary/aromatic N) is 4. The van der Waals surface area contributed by atoms with Crippen molar-refractivity contribution in [2.45, 2.75) is 38.3 Å². The van der Waals surface area contributed by atoms with Crippen LogP contribution in [0.5, 0.6) is 0 Å². The van der Waals surface area contributed by atoms with E-state index in [1.54, 1.807) is 29.1 Å². The molecule has 152 valence electrons. The van der Waals surface area contributed by atoms with Crippen LogP contribution in [-0.2, 0) is 17.9 Å². The maximum Gasteiger partial charge on any atom is 0.282 e. The summed E-state index contributed by atoms with van der Waals surface area (Å²) in [5, 5.41) is 11.9. The van der Waals surface area contributed by atoms with Crippen LogP contribution < -0.4 is 5.32 Å². The van der Waals surface area contributed by atoms with Crippen LogP contribution in [-0.4, -0.2) is 25.5 Å². The lowest BCUT2D eigenvalue weighted by atomic mass is 10.2. The predicted octanol–water partition coefficient (Wildman–Crippen LogP) is 4.89. The fraction of sp³-hybridized carbons (Fsp3) is 0.316. The fourth-order valence-electron chi connectivity index (χ4n) is 3.09. The van der Waals surface area contributed by atoms with Crippen LogP contribution in [0.1, 0.15) is 42.1 Å². The van der Waals surface area contributed by atoms with Gasteiger partial charge in [0.25, 0.3) is 6.43 Å². The summed E-state index contributed by atoms with van der Waals surface area (Å²) in [6.45, 7) is 0.206. The van der Waals surface area contributed by atoms with Crippen LogP contribution in [0.15, 0.2) is 36.7 Å². The summed E-state index contributed by atoms with van der Waals surface area (Å²) in [4.78, 5) is 12.4. The van der Waals surface area contributed by atoms with Gasteiger partial charge in [0.15, 0.2) is 0 Å². The van der Waals surface area contributed by atoms with Gasteiger partial charge in [-0.2, -0.15) is 10.2 Å². The van der Waals surface area contributed by atoms with E-state index in [9.17, 15) is 13.6 Å². The zero-order valence-corrected chi connectivity index (χ0v) is 16.7. The van der Waals surface area contributed by atoms with Crippen LogP contribution in [0.2, 0.25) is 10.0 Å². The number of aromatic nitrogens is 4. The van der Waals surface area contributed by atoms with E-state index in [2.05, 4.69) is 15.5 Å². The molecule has 3 aromatic rings. The molecule has 4 rings (SSSR count). The van der Waals surface area contributed by atoms with E-state index in [1.165, 1.54) is 16.9 Å². The maximum absolute atomic E-state index is 13.0. The Hall–Kier alpha value is -2.45. The minimum absolute atomic E-state index is 0.139. The molecule has 29 heavy (non-hydrogen) atoms. The highest BCUT2D eigenvalue weighted by Gasteiger charge is 2.30. The molecular formula is C19H17Cl2F2N5O. The van der Waals surface area contributed by atoms with Crippen molar-refractivity contribution in [3.05, 3.63) is 63.7 Å². The van der Waals surface area contributed by atoms with Gasteiger partial charge in [0.1, 0.15) is 12.2 Å². The fourth-order valence-corrected chi connectivity index (χ4v) is 3.61. The smallest absolute Gasteiger partial charge is 0.282 e.